The molecule has 5 aromatic heterocycles. The van der Waals surface area contributed by atoms with Crippen molar-refractivity contribution in [3.63, 3.8) is 0 Å². The average molecular weight is 842 g/mol. The number of para-hydroxylation sites is 1. The zero-order chi connectivity index (χ0) is 33.4. The van der Waals surface area contributed by atoms with Crippen molar-refractivity contribution >= 4 is 21.8 Å². The average Bonchev–Trinajstić information content (AvgIpc) is 3.73. The molecule has 0 saturated carbocycles. The Labute approximate surface area is 307 Å². The number of aryl methyl sites for hydroxylation is 1. The Kier molecular flexibility index (Phi) is 8.47. The van der Waals surface area contributed by atoms with Crippen LogP contribution in [0.2, 0.25) is 0 Å². The number of benzene rings is 4. The van der Waals surface area contributed by atoms with Gasteiger partial charge in [0.2, 0.25) is 0 Å². The second kappa shape index (κ2) is 13.5. The molecule has 9 aromatic rings. The van der Waals surface area contributed by atoms with Crippen molar-refractivity contribution in [1.29, 1.82) is 0 Å². The molecule has 0 bridgehead atoms. The molecule has 246 valence electrons. The Bertz CT molecular complexity index is 2640. The summed E-state index contributed by atoms with van der Waals surface area (Å²) in [5, 5.41) is 7.31. The summed E-state index contributed by atoms with van der Waals surface area (Å²) in [6.07, 6.45) is 8.32. The zero-order valence-electron chi connectivity index (χ0n) is 27.1. The van der Waals surface area contributed by atoms with E-state index in [1.165, 1.54) is 12.7 Å². The number of nitrogens with zero attached hydrogens (tertiary/aromatic N) is 8. The van der Waals surface area contributed by atoms with Crippen LogP contribution in [0.1, 0.15) is 5.56 Å². The first-order chi connectivity index (χ1) is 24.7. The van der Waals surface area contributed by atoms with Crippen LogP contribution in [0, 0.1) is 19.1 Å². The molecule has 0 aliphatic carbocycles. The van der Waals surface area contributed by atoms with Crippen molar-refractivity contribution < 1.29 is 25.8 Å². The summed E-state index contributed by atoms with van der Waals surface area (Å²) >= 11 is 0. The van der Waals surface area contributed by atoms with E-state index in [0.717, 1.165) is 50.0 Å². The molecule has 9 nitrogen and oxygen atoms in total. The van der Waals surface area contributed by atoms with Crippen LogP contribution in [-0.4, -0.2) is 39.3 Å². The van der Waals surface area contributed by atoms with E-state index >= 15 is 0 Å². The van der Waals surface area contributed by atoms with Gasteiger partial charge in [0.1, 0.15) is 24.2 Å². The van der Waals surface area contributed by atoms with E-state index in [1.54, 1.807) is 12.4 Å². The Morgan fingerprint density at radius 2 is 1.41 bits per heavy atom. The third-order valence-electron chi connectivity index (χ3n) is 8.49. The van der Waals surface area contributed by atoms with Gasteiger partial charge in [-0.15, -0.1) is 35.7 Å². The van der Waals surface area contributed by atoms with Gasteiger partial charge in [0.15, 0.2) is 0 Å². The van der Waals surface area contributed by atoms with Crippen molar-refractivity contribution in [3.05, 3.63) is 158 Å². The molecule has 4 aromatic carbocycles. The Morgan fingerprint density at radius 3 is 2.20 bits per heavy atom. The van der Waals surface area contributed by atoms with Gasteiger partial charge in [0.25, 0.3) is 0 Å². The van der Waals surface area contributed by atoms with Gasteiger partial charge < -0.3 is 9.30 Å². The standard InChI is InChI=1S/C41H26N8O.Pt/c1-27-16-21-44-38(22-27)48-36-13-6-5-12-32(36)33-15-14-31(24-37(33)48)50-30-11-7-10-29(23-30)49-41(35-18-20-43-26-46-35)39(28-8-3-2-4-9-28)40(47-49)34-17-19-42-25-45-34;/h2-22,25-26H,1H3;/q-2;+2. The molecule has 0 radical (unpaired) electrons. The fraction of sp³-hybridized carbons (Fsp3) is 0.0244. The molecule has 0 aliphatic heterocycles. The maximum absolute atomic E-state index is 6.48. The number of ether oxygens (including phenoxy) is 1. The molecule has 0 saturated heterocycles. The Morgan fingerprint density at radius 1 is 0.647 bits per heavy atom. The van der Waals surface area contributed by atoms with Crippen molar-refractivity contribution in [2.75, 3.05) is 0 Å². The van der Waals surface area contributed by atoms with Crippen LogP contribution in [0.3, 0.4) is 0 Å². The predicted molar refractivity (Wildman–Crippen MR) is 192 cm³/mol. The molecular weight excluding hydrogens is 816 g/mol. The van der Waals surface area contributed by atoms with Gasteiger partial charge in [-0.05, 0) is 59.5 Å². The van der Waals surface area contributed by atoms with E-state index in [4.69, 9.17) is 14.8 Å². The second-order valence-corrected chi connectivity index (χ2v) is 11.7. The number of pyridine rings is 1. The molecule has 0 fully saturated rings. The van der Waals surface area contributed by atoms with Gasteiger partial charge in [-0.3, -0.25) is 4.68 Å². The zero-order valence-corrected chi connectivity index (χ0v) is 29.4. The van der Waals surface area contributed by atoms with Gasteiger partial charge in [-0.1, -0.05) is 54.0 Å². The van der Waals surface area contributed by atoms with Crippen LogP contribution < -0.4 is 4.74 Å². The molecule has 10 heteroatoms. The summed E-state index contributed by atoms with van der Waals surface area (Å²) in [6.45, 7) is 2.06. The van der Waals surface area contributed by atoms with Crippen molar-refractivity contribution in [2.24, 2.45) is 0 Å². The van der Waals surface area contributed by atoms with Gasteiger partial charge in [-0.25, -0.2) is 24.9 Å². The van der Waals surface area contributed by atoms with Crippen LogP contribution >= 0.6 is 0 Å². The second-order valence-electron chi connectivity index (χ2n) is 11.7. The van der Waals surface area contributed by atoms with Crippen LogP contribution in [0.15, 0.2) is 140 Å². The van der Waals surface area contributed by atoms with Gasteiger partial charge in [0, 0.05) is 41.2 Å². The number of rotatable bonds is 7. The molecule has 0 N–H and O–H groups in total. The van der Waals surface area contributed by atoms with Gasteiger partial charge in [-0.2, -0.15) is 17.2 Å². The third kappa shape index (κ3) is 5.87. The quantitative estimate of drug-likeness (QED) is 0.148. The van der Waals surface area contributed by atoms with E-state index in [2.05, 4.69) is 80.0 Å². The van der Waals surface area contributed by atoms with E-state index in [0.29, 0.717) is 34.3 Å². The van der Waals surface area contributed by atoms with E-state index in [9.17, 15) is 0 Å². The van der Waals surface area contributed by atoms with E-state index in [1.807, 2.05) is 83.7 Å². The number of aromatic nitrogens is 8. The molecule has 0 amide bonds. The predicted octanol–water partition coefficient (Wildman–Crippen LogP) is 8.64. The summed E-state index contributed by atoms with van der Waals surface area (Å²) in [5.74, 6) is 1.87. The van der Waals surface area contributed by atoms with Crippen LogP contribution in [0.25, 0.3) is 67.2 Å². The van der Waals surface area contributed by atoms with E-state index < -0.39 is 0 Å². The van der Waals surface area contributed by atoms with Crippen LogP contribution in [-0.2, 0) is 21.1 Å². The summed E-state index contributed by atoms with van der Waals surface area (Å²) in [7, 11) is 0. The minimum Gasteiger partial charge on any atom is -0.509 e. The molecule has 9 rings (SSSR count). The maximum Gasteiger partial charge on any atom is 2.00 e. The third-order valence-corrected chi connectivity index (χ3v) is 8.49. The summed E-state index contributed by atoms with van der Waals surface area (Å²) in [6, 6.07) is 42.9. The van der Waals surface area contributed by atoms with Crippen molar-refractivity contribution in [3.8, 4) is 56.9 Å². The smallest absolute Gasteiger partial charge is 0.509 e. The molecule has 0 unspecified atom stereocenters. The Balaban J connectivity index is 0.00000374. The molecule has 5 heterocycles. The fourth-order valence-corrected chi connectivity index (χ4v) is 6.30. The summed E-state index contributed by atoms with van der Waals surface area (Å²) in [4.78, 5) is 22.2. The van der Waals surface area contributed by atoms with Crippen molar-refractivity contribution in [1.82, 2.24) is 39.3 Å². The van der Waals surface area contributed by atoms with Gasteiger partial charge >= 0.3 is 21.1 Å². The maximum atomic E-state index is 6.48. The number of fused-ring (bicyclic) bond motifs is 3. The number of hydrogen-bond acceptors (Lipinski definition) is 7. The van der Waals surface area contributed by atoms with Gasteiger partial charge in [0.05, 0.1) is 17.1 Å². The van der Waals surface area contributed by atoms with Crippen molar-refractivity contribution in [2.45, 2.75) is 6.92 Å². The fourth-order valence-electron chi connectivity index (χ4n) is 6.30. The first-order valence-corrected chi connectivity index (χ1v) is 16.0. The topological polar surface area (TPSA) is 96.4 Å². The van der Waals surface area contributed by atoms with Crippen LogP contribution in [0.5, 0.6) is 11.5 Å². The van der Waals surface area contributed by atoms with Crippen LogP contribution in [0.4, 0.5) is 0 Å². The number of hydrogen-bond donors (Lipinski definition) is 0. The SMILES string of the molecule is Cc1ccnc(-n2c3[c-]c(Oc4[c-]c(-n5nc(-c6ccncn6)c(-c6ccccc6)c5-c5ccncn5)ccc4)ccc3c3ccccc32)c1.[Pt+2]. The molecule has 51 heavy (non-hydrogen) atoms. The first-order valence-electron chi connectivity index (χ1n) is 16.0. The minimum absolute atomic E-state index is 0. The van der Waals surface area contributed by atoms with E-state index in [-0.39, 0.29) is 21.1 Å². The monoisotopic (exact) mass is 841 g/mol. The summed E-state index contributed by atoms with van der Waals surface area (Å²) in [5.41, 5.74) is 8.38. The molecular formula is C41H26N8OPt. The largest absolute Gasteiger partial charge is 2.00 e. The molecule has 0 atom stereocenters. The molecule has 0 spiro atoms. The Hall–Kier alpha value is -6.31. The summed E-state index contributed by atoms with van der Waals surface area (Å²) < 4.78 is 10.4. The molecule has 0 aliphatic rings. The normalized spacial score (nSPS) is 11.1. The minimum atomic E-state index is 0. The first kappa shape index (κ1) is 31.9.